The predicted octanol–water partition coefficient (Wildman–Crippen LogP) is 1.96. The van der Waals surface area contributed by atoms with E-state index in [1.165, 1.54) is 0 Å². The van der Waals surface area contributed by atoms with Crippen LogP contribution in [0.15, 0.2) is 24.3 Å². The molecule has 1 N–H and O–H groups in total. The lowest BCUT2D eigenvalue weighted by Gasteiger charge is -2.06. The summed E-state index contributed by atoms with van der Waals surface area (Å²) in [6, 6.07) is 7.57. The van der Waals surface area contributed by atoms with Crippen LogP contribution in [0.5, 0.6) is 5.75 Å². The van der Waals surface area contributed by atoms with Crippen molar-refractivity contribution < 1.29 is 14.3 Å². The van der Waals surface area contributed by atoms with Crippen LogP contribution < -0.4 is 10.1 Å². The van der Waals surface area contributed by atoms with Gasteiger partial charge in [0.1, 0.15) is 5.75 Å². The number of hydrogen-bond acceptors (Lipinski definition) is 3. The third-order valence-electron chi connectivity index (χ3n) is 2.34. The van der Waals surface area contributed by atoms with Crippen molar-refractivity contribution in [2.45, 2.75) is 13.0 Å². The van der Waals surface area contributed by atoms with Gasteiger partial charge in [0.25, 0.3) is 0 Å². The fraction of sp³-hybridized carbons (Fsp3) is 0.462. The lowest BCUT2D eigenvalue weighted by molar-refractivity contribution is -0.122. The molecule has 0 aliphatic heterocycles. The standard InChI is InChI=1S/C13H18ClNO3/c1-17-12-4-2-11(3-5-12)10-15-13(16)6-8-18-9-7-14/h2-5H,6-10H2,1H3,(H,15,16). The molecule has 0 aliphatic rings. The maximum Gasteiger partial charge on any atom is 0.222 e. The molecule has 0 saturated carbocycles. The highest BCUT2D eigenvalue weighted by Gasteiger charge is 2.01. The number of rotatable bonds is 8. The molecule has 0 bridgehead atoms. The zero-order chi connectivity index (χ0) is 13.2. The van der Waals surface area contributed by atoms with Crippen molar-refractivity contribution >= 4 is 17.5 Å². The largest absolute Gasteiger partial charge is 0.497 e. The summed E-state index contributed by atoms with van der Waals surface area (Å²) in [4.78, 5) is 11.5. The minimum absolute atomic E-state index is 0.0274. The Kier molecular flexibility index (Phi) is 7.22. The highest BCUT2D eigenvalue weighted by molar-refractivity contribution is 6.17. The maximum absolute atomic E-state index is 11.5. The molecular weight excluding hydrogens is 254 g/mol. The van der Waals surface area contributed by atoms with E-state index in [-0.39, 0.29) is 5.91 Å². The summed E-state index contributed by atoms with van der Waals surface area (Å²) < 4.78 is 10.2. The molecule has 1 rings (SSSR count). The molecule has 1 aromatic rings. The number of methoxy groups -OCH3 is 1. The van der Waals surface area contributed by atoms with Crippen LogP contribution in [0.4, 0.5) is 0 Å². The summed E-state index contributed by atoms with van der Waals surface area (Å²) >= 11 is 5.45. The highest BCUT2D eigenvalue weighted by Crippen LogP contribution is 2.10. The fourth-order valence-electron chi connectivity index (χ4n) is 1.35. The van der Waals surface area contributed by atoms with Gasteiger partial charge in [-0.05, 0) is 17.7 Å². The Balaban J connectivity index is 2.20. The zero-order valence-corrected chi connectivity index (χ0v) is 11.2. The fourth-order valence-corrected chi connectivity index (χ4v) is 1.46. The van der Waals surface area contributed by atoms with Crippen molar-refractivity contribution in [3.05, 3.63) is 29.8 Å². The van der Waals surface area contributed by atoms with Crippen LogP contribution in [0.25, 0.3) is 0 Å². The highest BCUT2D eigenvalue weighted by atomic mass is 35.5. The van der Waals surface area contributed by atoms with Gasteiger partial charge in [-0.15, -0.1) is 11.6 Å². The van der Waals surface area contributed by atoms with Crippen molar-refractivity contribution in [2.24, 2.45) is 0 Å². The molecular formula is C13H18ClNO3. The number of halogens is 1. The van der Waals surface area contributed by atoms with Crippen LogP contribution in [-0.2, 0) is 16.1 Å². The number of nitrogens with one attached hydrogen (secondary N) is 1. The average Bonchev–Trinajstić information content (AvgIpc) is 2.42. The Labute approximate surface area is 112 Å². The third kappa shape index (κ3) is 5.89. The molecule has 1 aromatic carbocycles. The van der Waals surface area contributed by atoms with Gasteiger partial charge in [-0.25, -0.2) is 0 Å². The summed E-state index contributed by atoms with van der Waals surface area (Å²) in [5, 5.41) is 2.82. The van der Waals surface area contributed by atoms with Crippen molar-refractivity contribution in [1.29, 1.82) is 0 Å². The van der Waals surface area contributed by atoms with Gasteiger partial charge in [-0.1, -0.05) is 12.1 Å². The van der Waals surface area contributed by atoms with Crippen LogP contribution >= 0.6 is 11.6 Å². The average molecular weight is 272 g/mol. The van der Waals surface area contributed by atoms with Crippen LogP contribution in [-0.4, -0.2) is 32.1 Å². The molecule has 0 aromatic heterocycles. The van der Waals surface area contributed by atoms with E-state index in [9.17, 15) is 4.79 Å². The van der Waals surface area contributed by atoms with E-state index in [4.69, 9.17) is 21.1 Å². The Morgan fingerprint density at radius 1 is 1.28 bits per heavy atom. The molecule has 0 radical (unpaired) electrons. The summed E-state index contributed by atoms with van der Waals surface area (Å²) in [7, 11) is 1.62. The van der Waals surface area contributed by atoms with Gasteiger partial charge in [0.05, 0.1) is 20.3 Å². The topological polar surface area (TPSA) is 47.6 Å². The van der Waals surface area contributed by atoms with E-state index < -0.39 is 0 Å². The third-order valence-corrected chi connectivity index (χ3v) is 2.50. The molecule has 0 spiro atoms. The Morgan fingerprint density at radius 3 is 2.61 bits per heavy atom. The van der Waals surface area contributed by atoms with Gasteiger partial charge in [-0.2, -0.15) is 0 Å². The van der Waals surface area contributed by atoms with Crippen LogP contribution in [0.2, 0.25) is 0 Å². The van der Waals surface area contributed by atoms with E-state index in [0.717, 1.165) is 11.3 Å². The number of hydrogen-bond donors (Lipinski definition) is 1. The quantitative estimate of drug-likeness (QED) is 0.581. The second-order valence-electron chi connectivity index (χ2n) is 3.68. The second kappa shape index (κ2) is 8.78. The van der Waals surface area contributed by atoms with Crippen LogP contribution in [0, 0.1) is 0 Å². The molecule has 100 valence electrons. The van der Waals surface area contributed by atoms with Gasteiger partial charge in [0.15, 0.2) is 0 Å². The lowest BCUT2D eigenvalue weighted by atomic mass is 10.2. The van der Waals surface area contributed by atoms with Crippen molar-refractivity contribution in [1.82, 2.24) is 5.32 Å². The minimum Gasteiger partial charge on any atom is -0.497 e. The molecule has 18 heavy (non-hydrogen) atoms. The molecule has 0 saturated heterocycles. The monoisotopic (exact) mass is 271 g/mol. The van der Waals surface area contributed by atoms with E-state index in [1.807, 2.05) is 24.3 Å². The first kappa shape index (κ1) is 14.8. The summed E-state index contributed by atoms with van der Waals surface area (Å²) in [5.74, 6) is 1.23. The molecule has 0 fully saturated rings. The first-order valence-corrected chi connectivity index (χ1v) is 6.33. The SMILES string of the molecule is COc1ccc(CNC(=O)CCOCCCl)cc1. The van der Waals surface area contributed by atoms with E-state index in [2.05, 4.69) is 5.32 Å². The van der Waals surface area contributed by atoms with Crippen LogP contribution in [0.1, 0.15) is 12.0 Å². The van der Waals surface area contributed by atoms with Gasteiger partial charge < -0.3 is 14.8 Å². The number of alkyl halides is 1. The van der Waals surface area contributed by atoms with Crippen molar-refractivity contribution in [2.75, 3.05) is 26.2 Å². The molecule has 0 unspecified atom stereocenters. The molecule has 1 amide bonds. The summed E-state index contributed by atoms with van der Waals surface area (Å²) in [5.41, 5.74) is 1.03. The van der Waals surface area contributed by atoms with Crippen molar-refractivity contribution in [3.63, 3.8) is 0 Å². The number of carbonyl (C=O) groups is 1. The first-order valence-electron chi connectivity index (χ1n) is 5.79. The number of amides is 1. The number of ether oxygens (including phenoxy) is 2. The van der Waals surface area contributed by atoms with Gasteiger partial charge >= 0.3 is 0 Å². The molecule has 0 aliphatic carbocycles. The maximum atomic E-state index is 11.5. The van der Waals surface area contributed by atoms with E-state index >= 15 is 0 Å². The molecule has 4 nitrogen and oxygen atoms in total. The first-order chi connectivity index (χ1) is 8.76. The van der Waals surface area contributed by atoms with Crippen molar-refractivity contribution in [3.8, 4) is 5.75 Å². The second-order valence-corrected chi connectivity index (χ2v) is 4.05. The molecule has 0 heterocycles. The van der Waals surface area contributed by atoms with Crippen LogP contribution in [0.3, 0.4) is 0 Å². The molecule has 5 heteroatoms. The summed E-state index contributed by atoms with van der Waals surface area (Å²) in [6.07, 6.45) is 0.354. The zero-order valence-electron chi connectivity index (χ0n) is 10.4. The summed E-state index contributed by atoms with van der Waals surface area (Å²) in [6.45, 7) is 1.40. The van der Waals surface area contributed by atoms with Gasteiger partial charge in [0, 0.05) is 18.8 Å². The minimum atomic E-state index is -0.0274. The Morgan fingerprint density at radius 2 is 2.00 bits per heavy atom. The normalized spacial score (nSPS) is 10.1. The van der Waals surface area contributed by atoms with E-state index in [1.54, 1.807) is 7.11 Å². The number of carbonyl (C=O) groups excluding carboxylic acids is 1. The lowest BCUT2D eigenvalue weighted by Crippen LogP contribution is -2.24. The number of benzene rings is 1. The Bertz CT molecular complexity index is 354. The predicted molar refractivity (Wildman–Crippen MR) is 71.0 cm³/mol. The van der Waals surface area contributed by atoms with E-state index in [0.29, 0.717) is 32.1 Å². The van der Waals surface area contributed by atoms with Gasteiger partial charge in [-0.3, -0.25) is 4.79 Å². The molecule has 0 atom stereocenters. The van der Waals surface area contributed by atoms with Gasteiger partial charge in [0.2, 0.25) is 5.91 Å². The Hall–Kier alpha value is -1.26. The smallest absolute Gasteiger partial charge is 0.222 e.